The van der Waals surface area contributed by atoms with Gasteiger partial charge in [0.1, 0.15) is 0 Å². The van der Waals surface area contributed by atoms with Crippen molar-refractivity contribution in [2.75, 3.05) is 26.7 Å². The van der Waals surface area contributed by atoms with Gasteiger partial charge in [0.15, 0.2) is 0 Å². The van der Waals surface area contributed by atoms with Gasteiger partial charge in [-0.1, -0.05) is 13.8 Å². The van der Waals surface area contributed by atoms with Gasteiger partial charge in [-0.2, -0.15) is 0 Å². The Morgan fingerprint density at radius 1 is 1.33 bits per heavy atom. The lowest BCUT2D eigenvalue weighted by Gasteiger charge is -2.39. The quantitative estimate of drug-likeness (QED) is 0.806. The van der Waals surface area contributed by atoms with Crippen molar-refractivity contribution in [3.63, 3.8) is 0 Å². The first-order valence-electron chi connectivity index (χ1n) is 7.16. The van der Waals surface area contributed by atoms with Gasteiger partial charge >= 0.3 is 0 Å². The lowest BCUT2D eigenvalue weighted by Crippen LogP contribution is -2.54. The van der Waals surface area contributed by atoms with Gasteiger partial charge < -0.3 is 15.0 Å². The summed E-state index contributed by atoms with van der Waals surface area (Å²) in [5.74, 6) is 1.48. The number of amides is 1. The predicted octanol–water partition coefficient (Wildman–Crippen LogP) is 1.26. The fourth-order valence-corrected chi connectivity index (χ4v) is 3.06. The van der Waals surface area contributed by atoms with E-state index in [1.165, 1.54) is 6.42 Å². The molecule has 4 heteroatoms. The first-order valence-corrected chi connectivity index (χ1v) is 7.16. The van der Waals surface area contributed by atoms with Gasteiger partial charge in [-0.05, 0) is 37.6 Å². The Bertz CT molecular complexity index is 296. The van der Waals surface area contributed by atoms with E-state index in [9.17, 15) is 4.79 Å². The fourth-order valence-electron chi connectivity index (χ4n) is 3.06. The molecule has 2 heterocycles. The van der Waals surface area contributed by atoms with Crippen molar-refractivity contribution in [1.29, 1.82) is 0 Å². The molecule has 2 saturated heterocycles. The molecule has 104 valence electrons. The number of likely N-dealkylation sites (tertiary alicyclic amines) is 1. The molecular weight excluding hydrogens is 228 g/mol. The van der Waals surface area contributed by atoms with Gasteiger partial charge in [0.05, 0.1) is 12.1 Å². The average Bonchev–Trinajstić information content (AvgIpc) is 2.38. The number of hydrogen-bond acceptors (Lipinski definition) is 3. The number of carbonyl (C=O) groups is 1. The van der Waals surface area contributed by atoms with Crippen LogP contribution in [0.1, 0.15) is 33.1 Å². The van der Waals surface area contributed by atoms with Crippen LogP contribution in [-0.2, 0) is 9.53 Å². The molecule has 2 rings (SSSR count). The molecule has 2 fully saturated rings. The summed E-state index contributed by atoms with van der Waals surface area (Å²) in [6, 6.07) is 0.0275. The third-order valence-electron chi connectivity index (χ3n) is 4.47. The summed E-state index contributed by atoms with van der Waals surface area (Å²) in [6.07, 6.45) is 3.40. The van der Waals surface area contributed by atoms with Crippen molar-refractivity contribution in [2.45, 2.75) is 45.3 Å². The molecule has 4 atom stereocenters. The summed E-state index contributed by atoms with van der Waals surface area (Å²) in [6.45, 7) is 7.04. The number of methoxy groups -OCH3 is 1. The second-order valence-corrected chi connectivity index (χ2v) is 5.96. The molecule has 0 bridgehead atoms. The van der Waals surface area contributed by atoms with Gasteiger partial charge in [0.2, 0.25) is 5.91 Å². The summed E-state index contributed by atoms with van der Waals surface area (Å²) >= 11 is 0. The maximum Gasteiger partial charge on any atom is 0.239 e. The van der Waals surface area contributed by atoms with Crippen LogP contribution >= 0.6 is 0 Å². The third-order valence-corrected chi connectivity index (χ3v) is 4.47. The largest absolute Gasteiger partial charge is 0.379 e. The molecule has 4 nitrogen and oxygen atoms in total. The van der Waals surface area contributed by atoms with Crippen LogP contribution < -0.4 is 5.32 Å². The lowest BCUT2D eigenvalue weighted by molar-refractivity contribution is -0.139. The zero-order chi connectivity index (χ0) is 13.1. The first-order chi connectivity index (χ1) is 8.61. The second kappa shape index (κ2) is 6.02. The van der Waals surface area contributed by atoms with E-state index in [-0.39, 0.29) is 18.1 Å². The number of nitrogens with one attached hydrogen (secondary N) is 1. The average molecular weight is 254 g/mol. The van der Waals surface area contributed by atoms with Gasteiger partial charge in [0, 0.05) is 20.2 Å². The Hall–Kier alpha value is -0.610. The van der Waals surface area contributed by atoms with E-state index in [1.807, 2.05) is 4.90 Å². The van der Waals surface area contributed by atoms with Crippen molar-refractivity contribution in [2.24, 2.45) is 11.8 Å². The Balaban J connectivity index is 1.92. The zero-order valence-electron chi connectivity index (χ0n) is 11.8. The lowest BCUT2D eigenvalue weighted by atomic mass is 9.91. The van der Waals surface area contributed by atoms with Gasteiger partial charge in [-0.3, -0.25) is 4.79 Å². The number of carbonyl (C=O) groups excluding carboxylic acids is 1. The third kappa shape index (κ3) is 3.04. The molecule has 0 radical (unpaired) electrons. The fraction of sp³-hybridized carbons (Fsp3) is 0.929. The Morgan fingerprint density at radius 2 is 2.11 bits per heavy atom. The number of piperidine rings is 2. The summed E-state index contributed by atoms with van der Waals surface area (Å²) in [5.41, 5.74) is 0. The molecule has 0 aromatic rings. The van der Waals surface area contributed by atoms with Gasteiger partial charge in [-0.15, -0.1) is 0 Å². The van der Waals surface area contributed by atoms with E-state index in [4.69, 9.17) is 4.74 Å². The Morgan fingerprint density at radius 3 is 2.78 bits per heavy atom. The highest BCUT2D eigenvalue weighted by Crippen LogP contribution is 2.22. The topological polar surface area (TPSA) is 41.6 Å². The summed E-state index contributed by atoms with van der Waals surface area (Å²) < 4.78 is 5.48. The van der Waals surface area contributed by atoms with Crippen LogP contribution in [0.25, 0.3) is 0 Å². The van der Waals surface area contributed by atoms with Crippen LogP contribution in [0.4, 0.5) is 0 Å². The molecule has 0 aromatic heterocycles. The molecular formula is C14H26N2O2. The van der Waals surface area contributed by atoms with Crippen LogP contribution in [0.15, 0.2) is 0 Å². The van der Waals surface area contributed by atoms with E-state index >= 15 is 0 Å². The number of hydrogen-bond donors (Lipinski definition) is 1. The minimum atomic E-state index is 0.0275. The van der Waals surface area contributed by atoms with Crippen LogP contribution in [0.2, 0.25) is 0 Å². The molecule has 18 heavy (non-hydrogen) atoms. The Kier molecular flexibility index (Phi) is 4.62. The van der Waals surface area contributed by atoms with E-state index in [1.54, 1.807) is 7.11 Å². The number of nitrogens with zero attached hydrogens (tertiary/aromatic N) is 1. The maximum atomic E-state index is 12.5. The van der Waals surface area contributed by atoms with Crippen molar-refractivity contribution >= 4 is 5.91 Å². The van der Waals surface area contributed by atoms with E-state index in [2.05, 4.69) is 19.2 Å². The van der Waals surface area contributed by atoms with Crippen molar-refractivity contribution in [1.82, 2.24) is 10.2 Å². The monoisotopic (exact) mass is 254 g/mol. The van der Waals surface area contributed by atoms with Crippen LogP contribution in [0.5, 0.6) is 0 Å². The van der Waals surface area contributed by atoms with Gasteiger partial charge in [-0.25, -0.2) is 0 Å². The molecule has 2 aliphatic rings. The van der Waals surface area contributed by atoms with Crippen molar-refractivity contribution < 1.29 is 9.53 Å². The minimum absolute atomic E-state index is 0.0275. The SMILES string of the molecule is COC1CN(C(=O)C2CC(C)CCN2)CCC1C. The number of rotatable bonds is 2. The molecule has 0 aromatic carbocycles. The summed E-state index contributed by atoms with van der Waals surface area (Å²) in [7, 11) is 1.75. The normalized spacial score (nSPS) is 37.6. The highest BCUT2D eigenvalue weighted by atomic mass is 16.5. The van der Waals surface area contributed by atoms with E-state index in [0.29, 0.717) is 11.8 Å². The molecule has 4 unspecified atom stereocenters. The van der Waals surface area contributed by atoms with E-state index in [0.717, 1.165) is 32.5 Å². The molecule has 1 amide bonds. The van der Waals surface area contributed by atoms with Crippen molar-refractivity contribution in [3.8, 4) is 0 Å². The van der Waals surface area contributed by atoms with Crippen LogP contribution in [-0.4, -0.2) is 49.7 Å². The minimum Gasteiger partial charge on any atom is -0.379 e. The molecule has 0 aliphatic carbocycles. The first kappa shape index (κ1) is 13.8. The van der Waals surface area contributed by atoms with Gasteiger partial charge in [0.25, 0.3) is 0 Å². The molecule has 2 aliphatic heterocycles. The highest BCUT2D eigenvalue weighted by molar-refractivity contribution is 5.82. The van der Waals surface area contributed by atoms with Crippen LogP contribution in [0, 0.1) is 11.8 Å². The molecule has 0 saturated carbocycles. The highest BCUT2D eigenvalue weighted by Gasteiger charge is 2.33. The maximum absolute atomic E-state index is 12.5. The molecule has 1 N–H and O–H groups in total. The van der Waals surface area contributed by atoms with Crippen molar-refractivity contribution in [3.05, 3.63) is 0 Å². The summed E-state index contributed by atoms with van der Waals surface area (Å²) in [4.78, 5) is 14.5. The standard InChI is InChI=1S/C14H26N2O2/c1-10-4-6-15-12(8-10)14(17)16-7-5-11(2)13(9-16)18-3/h10-13,15H,4-9H2,1-3H3. The summed E-state index contributed by atoms with van der Waals surface area (Å²) in [5, 5.41) is 3.36. The predicted molar refractivity (Wildman–Crippen MR) is 71.3 cm³/mol. The molecule has 0 spiro atoms. The Labute approximate surface area is 110 Å². The second-order valence-electron chi connectivity index (χ2n) is 5.96. The van der Waals surface area contributed by atoms with Crippen LogP contribution in [0.3, 0.4) is 0 Å². The zero-order valence-corrected chi connectivity index (χ0v) is 11.8. The number of ether oxygens (including phenoxy) is 1. The van der Waals surface area contributed by atoms with E-state index < -0.39 is 0 Å². The smallest absolute Gasteiger partial charge is 0.239 e.